The smallest absolute Gasteiger partial charge is 0.324 e. The Balaban J connectivity index is 2.38. The number of rotatable bonds is 2. The van der Waals surface area contributed by atoms with E-state index < -0.39 is 11.9 Å². The van der Waals surface area contributed by atoms with Crippen LogP contribution in [-0.4, -0.2) is 48.8 Å². The highest BCUT2D eigenvalue weighted by Crippen LogP contribution is 2.17. The molecule has 1 rings (SSSR count). The molecule has 1 aliphatic rings. The van der Waals surface area contributed by atoms with Gasteiger partial charge in [-0.15, -0.1) is 11.6 Å². The van der Waals surface area contributed by atoms with E-state index in [1.165, 1.54) is 4.90 Å². The molecule has 0 aromatic carbocycles. The SMILES string of the molecule is CNC(=O)C1CCN(C(=O)NC(=O)CCl)CC1. The number of nitrogens with zero attached hydrogens (tertiary/aromatic N) is 1. The minimum Gasteiger partial charge on any atom is -0.359 e. The average Bonchev–Trinajstić information content (AvgIpc) is 2.37. The molecule has 1 aliphatic heterocycles. The van der Waals surface area contributed by atoms with Gasteiger partial charge in [-0.2, -0.15) is 0 Å². The van der Waals surface area contributed by atoms with Gasteiger partial charge in [-0.25, -0.2) is 4.79 Å². The Morgan fingerprint density at radius 2 is 1.88 bits per heavy atom. The predicted octanol–water partition coefficient (Wildman–Crippen LogP) is -0.0806. The van der Waals surface area contributed by atoms with Gasteiger partial charge in [-0.05, 0) is 12.8 Å². The Kier molecular flexibility index (Phi) is 5.21. The molecule has 1 fully saturated rings. The first-order valence-electron chi connectivity index (χ1n) is 5.44. The second kappa shape index (κ2) is 6.44. The lowest BCUT2D eigenvalue weighted by Gasteiger charge is -2.30. The van der Waals surface area contributed by atoms with E-state index in [2.05, 4.69) is 10.6 Å². The van der Waals surface area contributed by atoms with E-state index in [4.69, 9.17) is 11.6 Å². The van der Waals surface area contributed by atoms with Crippen LogP contribution in [0.1, 0.15) is 12.8 Å². The molecule has 0 aromatic rings. The summed E-state index contributed by atoms with van der Waals surface area (Å²) in [5.74, 6) is -0.791. The second-order valence-electron chi connectivity index (χ2n) is 3.86. The van der Waals surface area contributed by atoms with E-state index in [0.29, 0.717) is 25.9 Å². The molecule has 7 heteroatoms. The third-order valence-corrected chi connectivity index (χ3v) is 3.01. The maximum Gasteiger partial charge on any atom is 0.324 e. The molecule has 96 valence electrons. The zero-order valence-corrected chi connectivity index (χ0v) is 10.4. The van der Waals surface area contributed by atoms with Gasteiger partial charge in [0.1, 0.15) is 5.88 Å². The van der Waals surface area contributed by atoms with Crippen LogP contribution in [0.3, 0.4) is 0 Å². The predicted molar refractivity (Wildman–Crippen MR) is 62.6 cm³/mol. The van der Waals surface area contributed by atoms with Gasteiger partial charge >= 0.3 is 6.03 Å². The van der Waals surface area contributed by atoms with Crippen LogP contribution in [0.15, 0.2) is 0 Å². The molecule has 0 aliphatic carbocycles. The lowest BCUT2D eigenvalue weighted by atomic mass is 9.96. The van der Waals surface area contributed by atoms with E-state index in [9.17, 15) is 14.4 Å². The summed E-state index contributed by atoms with van der Waals surface area (Å²) in [6, 6.07) is -0.439. The van der Waals surface area contributed by atoms with Gasteiger partial charge in [0.05, 0.1) is 0 Å². The maximum atomic E-state index is 11.5. The number of alkyl halides is 1. The number of hydrogen-bond donors (Lipinski definition) is 2. The maximum absolute atomic E-state index is 11.5. The molecule has 0 aromatic heterocycles. The van der Waals surface area contributed by atoms with Crippen LogP contribution in [0.5, 0.6) is 0 Å². The van der Waals surface area contributed by atoms with Gasteiger partial charge in [0.25, 0.3) is 0 Å². The topological polar surface area (TPSA) is 78.5 Å². The van der Waals surface area contributed by atoms with Gasteiger partial charge in [0.15, 0.2) is 0 Å². The summed E-state index contributed by atoms with van der Waals surface area (Å²) in [7, 11) is 1.60. The van der Waals surface area contributed by atoms with Gasteiger partial charge < -0.3 is 10.2 Å². The number of nitrogens with one attached hydrogen (secondary N) is 2. The van der Waals surface area contributed by atoms with Crippen LogP contribution in [-0.2, 0) is 9.59 Å². The molecule has 6 nitrogen and oxygen atoms in total. The lowest BCUT2D eigenvalue weighted by molar-refractivity contribution is -0.126. The summed E-state index contributed by atoms with van der Waals surface area (Å²) in [5, 5.41) is 4.76. The number of carbonyl (C=O) groups is 3. The zero-order valence-electron chi connectivity index (χ0n) is 9.66. The Morgan fingerprint density at radius 3 is 2.35 bits per heavy atom. The molecule has 1 saturated heterocycles. The fourth-order valence-electron chi connectivity index (χ4n) is 1.78. The third kappa shape index (κ3) is 3.89. The van der Waals surface area contributed by atoms with Crippen molar-refractivity contribution < 1.29 is 14.4 Å². The van der Waals surface area contributed by atoms with Crippen molar-refractivity contribution in [3.05, 3.63) is 0 Å². The molecule has 0 bridgehead atoms. The van der Waals surface area contributed by atoms with Crippen molar-refractivity contribution in [1.82, 2.24) is 15.5 Å². The minimum atomic E-state index is -0.509. The summed E-state index contributed by atoms with van der Waals surface area (Å²) in [4.78, 5) is 35.4. The molecule has 4 amide bonds. The van der Waals surface area contributed by atoms with Gasteiger partial charge in [0, 0.05) is 26.1 Å². The summed E-state index contributed by atoms with van der Waals surface area (Å²) in [5.41, 5.74) is 0. The first-order valence-corrected chi connectivity index (χ1v) is 5.98. The molecule has 2 N–H and O–H groups in total. The van der Waals surface area contributed by atoms with Crippen molar-refractivity contribution in [1.29, 1.82) is 0 Å². The Labute approximate surface area is 105 Å². The molecule has 0 atom stereocenters. The van der Waals surface area contributed by atoms with Gasteiger partial charge in [-0.3, -0.25) is 14.9 Å². The van der Waals surface area contributed by atoms with E-state index >= 15 is 0 Å². The highest BCUT2D eigenvalue weighted by Gasteiger charge is 2.27. The third-order valence-electron chi connectivity index (χ3n) is 2.77. The number of amides is 4. The Hall–Kier alpha value is -1.30. The number of urea groups is 1. The number of imide groups is 1. The van der Waals surface area contributed by atoms with Crippen molar-refractivity contribution in [2.45, 2.75) is 12.8 Å². The van der Waals surface area contributed by atoms with Crippen LogP contribution < -0.4 is 10.6 Å². The van der Waals surface area contributed by atoms with Crippen molar-refractivity contribution in [3.8, 4) is 0 Å². The molecule has 17 heavy (non-hydrogen) atoms. The van der Waals surface area contributed by atoms with Crippen LogP contribution in [0.25, 0.3) is 0 Å². The Bertz CT molecular complexity index is 314. The highest BCUT2D eigenvalue weighted by atomic mass is 35.5. The first kappa shape index (κ1) is 13.8. The number of carbonyl (C=O) groups excluding carboxylic acids is 3. The fourth-order valence-corrected chi connectivity index (χ4v) is 1.85. The molecular weight excluding hydrogens is 246 g/mol. The Morgan fingerprint density at radius 1 is 1.29 bits per heavy atom. The minimum absolute atomic E-state index is 0.00175. The van der Waals surface area contributed by atoms with Crippen LogP contribution in [0, 0.1) is 5.92 Å². The van der Waals surface area contributed by atoms with Crippen molar-refractivity contribution in [2.24, 2.45) is 5.92 Å². The van der Waals surface area contributed by atoms with E-state index in [1.807, 2.05) is 0 Å². The standard InChI is InChI=1S/C10H16ClN3O3/c1-12-9(16)7-2-4-14(5-3-7)10(17)13-8(15)6-11/h7H,2-6H2,1H3,(H,12,16)(H,13,15,17). The van der Waals surface area contributed by atoms with E-state index in [1.54, 1.807) is 7.05 Å². The number of halogens is 1. The summed E-state index contributed by atoms with van der Waals surface area (Å²) in [6.45, 7) is 0.943. The van der Waals surface area contributed by atoms with Crippen LogP contribution >= 0.6 is 11.6 Å². The molecule has 0 radical (unpaired) electrons. The quantitative estimate of drug-likeness (QED) is 0.683. The van der Waals surface area contributed by atoms with Crippen LogP contribution in [0.4, 0.5) is 4.79 Å². The fraction of sp³-hybridized carbons (Fsp3) is 0.700. The second-order valence-corrected chi connectivity index (χ2v) is 4.13. The first-order chi connectivity index (χ1) is 8.08. The number of hydrogen-bond acceptors (Lipinski definition) is 3. The molecule has 1 heterocycles. The van der Waals surface area contributed by atoms with E-state index in [0.717, 1.165) is 0 Å². The van der Waals surface area contributed by atoms with E-state index in [-0.39, 0.29) is 17.7 Å². The zero-order chi connectivity index (χ0) is 12.8. The number of piperidine rings is 1. The molecule has 0 spiro atoms. The summed E-state index contributed by atoms with van der Waals surface area (Å²) < 4.78 is 0. The van der Waals surface area contributed by atoms with Crippen LogP contribution in [0.2, 0.25) is 0 Å². The normalized spacial score (nSPS) is 16.5. The van der Waals surface area contributed by atoms with Crippen molar-refractivity contribution in [2.75, 3.05) is 26.0 Å². The molecular formula is C10H16ClN3O3. The molecule has 0 saturated carbocycles. The summed E-state index contributed by atoms with van der Waals surface area (Å²) >= 11 is 5.28. The number of likely N-dealkylation sites (tertiary alicyclic amines) is 1. The highest BCUT2D eigenvalue weighted by molar-refractivity contribution is 6.28. The lowest BCUT2D eigenvalue weighted by Crippen LogP contribution is -2.48. The van der Waals surface area contributed by atoms with Crippen molar-refractivity contribution >= 4 is 29.4 Å². The molecule has 0 unspecified atom stereocenters. The summed E-state index contributed by atoms with van der Waals surface area (Å²) in [6.07, 6.45) is 1.23. The van der Waals surface area contributed by atoms with Crippen molar-refractivity contribution in [3.63, 3.8) is 0 Å². The average molecular weight is 262 g/mol. The monoisotopic (exact) mass is 261 g/mol. The van der Waals surface area contributed by atoms with Gasteiger partial charge in [0.2, 0.25) is 11.8 Å². The largest absolute Gasteiger partial charge is 0.359 e. The van der Waals surface area contributed by atoms with Gasteiger partial charge in [-0.1, -0.05) is 0 Å².